The summed E-state index contributed by atoms with van der Waals surface area (Å²) in [6.07, 6.45) is 2.27. The van der Waals surface area contributed by atoms with Gasteiger partial charge in [0.25, 0.3) is 0 Å². The van der Waals surface area contributed by atoms with Crippen LogP contribution in [-0.2, 0) is 16.3 Å². The van der Waals surface area contributed by atoms with E-state index in [1.807, 2.05) is 30.5 Å². The van der Waals surface area contributed by atoms with Crippen LogP contribution in [0.1, 0.15) is 5.56 Å². The number of rotatable bonds is 5. The highest BCUT2D eigenvalue weighted by molar-refractivity contribution is 7.92. The SMILES string of the molecule is NCC(Cc1c[nH]c2ccccc12)S(=O)(=O)c1ccccc1. The number of hydrogen-bond donors (Lipinski definition) is 2. The summed E-state index contributed by atoms with van der Waals surface area (Å²) in [6.45, 7) is 0.0940. The number of benzene rings is 2. The Hall–Kier alpha value is -2.11. The van der Waals surface area contributed by atoms with Crippen molar-refractivity contribution in [3.63, 3.8) is 0 Å². The molecule has 3 rings (SSSR count). The summed E-state index contributed by atoms with van der Waals surface area (Å²) in [6, 6.07) is 16.4. The maximum Gasteiger partial charge on any atom is 0.182 e. The number of nitrogens with one attached hydrogen (secondary N) is 1. The first-order chi connectivity index (χ1) is 10.6. The molecule has 0 bridgehead atoms. The standard InChI is InChI=1S/C17H18N2O2S/c18-11-15(22(20,21)14-6-2-1-3-7-14)10-13-12-19-17-9-5-4-8-16(13)17/h1-9,12,15,19H,10-11,18H2. The van der Waals surface area contributed by atoms with Crippen molar-refractivity contribution in [3.8, 4) is 0 Å². The Morgan fingerprint density at radius 2 is 1.68 bits per heavy atom. The van der Waals surface area contributed by atoms with E-state index in [1.54, 1.807) is 30.3 Å². The van der Waals surface area contributed by atoms with Crippen molar-refractivity contribution in [1.29, 1.82) is 0 Å². The maximum absolute atomic E-state index is 12.7. The Kier molecular flexibility index (Phi) is 4.00. The molecule has 0 aliphatic carbocycles. The Morgan fingerprint density at radius 3 is 2.41 bits per heavy atom. The summed E-state index contributed by atoms with van der Waals surface area (Å²) >= 11 is 0. The molecule has 0 saturated heterocycles. The first-order valence-corrected chi connectivity index (χ1v) is 8.71. The molecule has 0 aliphatic heterocycles. The average Bonchev–Trinajstić information content (AvgIpc) is 2.96. The van der Waals surface area contributed by atoms with E-state index in [0.717, 1.165) is 16.5 Å². The summed E-state index contributed by atoms with van der Waals surface area (Å²) in [5.41, 5.74) is 7.75. The second-order valence-corrected chi connectivity index (χ2v) is 7.51. The van der Waals surface area contributed by atoms with Gasteiger partial charge in [-0.3, -0.25) is 0 Å². The number of H-pyrrole nitrogens is 1. The maximum atomic E-state index is 12.7. The lowest BCUT2D eigenvalue weighted by atomic mass is 10.1. The van der Waals surface area contributed by atoms with Gasteiger partial charge in [0.15, 0.2) is 9.84 Å². The van der Waals surface area contributed by atoms with Crippen molar-refractivity contribution in [1.82, 2.24) is 4.98 Å². The van der Waals surface area contributed by atoms with Crippen LogP contribution >= 0.6 is 0 Å². The first-order valence-electron chi connectivity index (χ1n) is 7.17. The van der Waals surface area contributed by atoms with Crippen molar-refractivity contribution in [2.75, 3.05) is 6.54 Å². The Labute approximate surface area is 129 Å². The second-order valence-electron chi connectivity index (χ2n) is 5.28. The van der Waals surface area contributed by atoms with Crippen molar-refractivity contribution in [3.05, 3.63) is 66.4 Å². The Morgan fingerprint density at radius 1 is 1.00 bits per heavy atom. The zero-order valence-electron chi connectivity index (χ0n) is 12.1. The lowest BCUT2D eigenvalue weighted by Gasteiger charge is -2.15. The molecule has 114 valence electrons. The highest BCUT2D eigenvalue weighted by Crippen LogP contribution is 2.23. The number of aromatic nitrogens is 1. The van der Waals surface area contributed by atoms with Crippen LogP contribution in [0.3, 0.4) is 0 Å². The summed E-state index contributed by atoms with van der Waals surface area (Å²) in [5, 5.41) is 0.415. The van der Waals surface area contributed by atoms with Crippen molar-refractivity contribution in [2.45, 2.75) is 16.6 Å². The number of hydrogen-bond acceptors (Lipinski definition) is 3. The van der Waals surface area contributed by atoms with Crippen LogP contribution in [0.15, 0.2) is 65.7 Å². The number of nitrogens with two attached hydrogens (primary N) is 1. The van der Waals surface area contributed by atoms with Gasteiger partial charge in [-0.1, -0.05) is 36.4 Å². The van der Waals surface area contributed by atoms with E-state index >= 15 is 0 Å². The van der Waals surface area contributed by atoms with Gasteiger partial charge in [-0.25, -0.2) is 8.42 Å². The fraction of sp³-hybridized carbons (Fsp3) is 0.176. The molecule has 0 amide bonds. The predicted octanol–water partition coefficient (Wildman–Crippen LogP) is 2.51. The minimum Gasteiger partial charge on any atom is -0.361 e. The third-order valence-electron chi connectivity index (χ3n) is 3.90. The summed E-state index contributed by atoms with van der Waals surface area (Å²) < 4.78 is 25.5. The lowest BCUT2D eigenvalue weighted by molar-refractivity contribution is 0.578. The molecule has 1 aromatic heterocycles. The minimum absolute atomic E-state index is 0.0940. The second kappa shape index (κ2) is 5.94. The van der Waals surface area contributed by atoms with Gasteiger partial charge < -0.3 is 10.7 Å². The minimum atomic E-state index is -3.43. The van der Waals surface area contributed by atoms with Gasteiger partial charge in [0.2, 0.25) is 0 Å². The van der Waals surface area contributed by atoms with E-state index in [1.165, 1.54) is 0 Å². The quantitative estimate of drug-likeness (QED) is 0.760. The number of aromatic amines is 1. The molecule has 22 heavy (non-hydrogen) atoms. The molecule has 0 spiro atoms. The highest BCUT2D eigenvalue weighted by atomic mass is 32.2. The molecular formula is C17H18N2O2S. The zero-order valence-corrected chi connectivity index (χ0v) is 12.9. The van der Waals surface area contributed by atoms with Crippen LogP contribution < -0.4 is 5.73 Å². The number of para-hydroxylation sites is 1. The van der Waals surface area contributed by atoms with Crippen LogP contribution in [0.5, 0.6) is 0 Å². The van der Waals surface area contributed by atoms with Gasteiger partial charge in [-0.05, 0) is 30.2 Å². The third kappa shape index (κ3) is 2.65. The van der Waals surface area contributed by atoms with Crippen LogP contribution in [0, 0.1) is 0 Å². The van der Waals surface area contributed by atoms with Crippen LogP contribution in [0.4, 0.5) is 0 Å². The topological polar surface area (TPSA) is 76.0 Å². The van der Waals surface area contributed by atoms with Crippen molar-refractivity contribution < 1.29 is 8.42 Å². The van der Waals surface area contributed by atoms with E-state index in [4.69, 9.17) is 5.73 Å². The number of fused-ring (bicyclic) bond motifs is 1. The zero-order chi connectivity index (χ0) is 15.6. The molecule has 2 aromatic carbocycles. The van der Waals surface area contributed by atoms with Crippen LogP contribution in [-0.4, -0.2) is 25.2 Å². The fourth-order valence-electron chi connectivity index (χ4n) is 2.67. The largest absolute Gasteiger partial charge is 0.361 e. The molecule has 0 saturated carbocycles. The molecule has 1 heterocycles. The van der Waals surface area contributed by atoms with E-state index in [9.17, 15) is 8.42 Å². The third-order valence-corrected chi connectivity index (χ3v) is 6.06. The van der Waals surface area contributed by atoms with Crippen LogP contribution in [0.2, 0.25) is 0 Å². The molecule has 4 nitrogen and oxygen atoms in total. The van der Waals surface area contributed by atoms with E-state index in [2.05, 4.69) is 4.98 Å². The van der Waals surface area contributed by atoms with E-state index < -0.39 is 15.1 Å². The molecule has 0 radical (unpaired) electrons. The van der Waals surface area contributed by atoms with E-state index in [0.29, 0.717) is 11.3 Å². The molecular weight excluding hydrogens is 296 g/mol. The molecule has 0 aliphatic rings. The average molecular weight is 314 g/mol. The Balaban J connectivity index is 1.95. The highest BCUT2D eigenvalue weighted by Gasteiger charge is 2.27. The molecule has 1 unspecified atom stereocenters. The lowest BCUT2D eigenvalue weighted by Crippen LogP contribution is -2.31. The fourth-order valence-corrected chi connectivity index (χ4v) is 4.24. The first kappa shape index (κ1) is 14.8. The molecule has 1 atom stereocenters. The molecule has 0 fully saturated rings. The molecule has 3 N–H and O–H groups in total. The summed E-state index contributed by atoms with van der Waals surface area (Å²) in [5.74, 6) is 0. The van der Waals surface area contributed by atoms with Gasteiger partial charge in [0.05, 0.1) is 10.1 Å². The van der Waals surface area contributed by atoms with Gasteiger partial charge in [-0.2, -0.15) is 0 Å². The van der Waals surface area contributed by atoms with Crippen molar-refractivity contribution >= 4 is 20.7 Å². The molecule has 3 aromatic rings. The predicted molar refractivity (Wildman–Crippen MR) is 88.5 cm³/mol. The van der Waals surface area contributed by atoms with Crippen molar-refractivity contribution in [2.24, 2.45) is 5.73 Å². The normalized spacial score (nSPS) is 13.3. The van der Waals surface area contributed by atoms with E-state index in [-0.39, 0.29) is 6.54 Å². The van der Waals surface area contributed by atoms with Gasteiger partial charge in [0, 0.05) is 23.6 Å². The monoisotopic (exact) mass is 314 g/mol. The van der Waals surface area contributed by atoms with Gasteiger partial charge in [0.1, 0.15) is 0 Å². The summed E-state index contributed by atoms with van der Waals surface area (Å²) in [4.78, 5) is 3.50. The summed E-state index contributed by atoms with van der Waals surface area (Å²) in [7, 11) is -3.43. The van der Waals surface area contributed by atoms with Gasteiger partial charge in [-0.15, -0.1) is 0 Å². The number of sulfone groups is 1. The van der Waals surface area contributed by atoms with Crippen LogP contribution in [0.25, 0.3) is 10.9 Å². The smallest absolute Gasteiger partial charge is 0.182 e. The molecule has 5 heteroatoms. The van der Waals surface area contributed by atoms with Gasteiger partial charge >= 0.3 is 0 Å². The Bertz CT molecular complexity index is 870.